The Morgan fingerprint density at radius 1 is 1.29 bits per heavy atom. The number of nitrogens with one attached hydrogen (secondary N) is 2. The molecule has 2 heterocycles. The van der Waals surface area contributed by atoms with E-state index in [1.807, 2.05) is 12.1 Å². The van der Waals surface area contributed by atoms with Gasteiger partial charge in [-0.15, -0.1) is 11.3 Å². The summed E-state index contributed by atoms with van der Waals surface area (Å²) in [6.07, 6.45) is 1.44. The lowest BCUT2D eigenvalue weighted by atomic mass is 10.2. The Hall–Kier alpha value is -1.67. The summed E-state index contributed by atoms with van der Waals surface area (Å²) in [5.74, 6) is -0.422. The zero-order valence-electron chi connectivity index (χ0n) is 11.9. The van der Waals surface area contributed by atoms with Crippen LogP contribution < -0.4 is 5.43 Å². The summed E-state index contributed by atoms with van der Waals surface area (Å²) in [6, 6.07) is 10.5. The van der Waals surface area contributed by atoms with E-state index in [-0.39, 0.29) is 5.69 Å². The van der Waals surface area contributed by atoms with E-state index in [0.29, 0.717) is 15.6 Å². The Morgan fingerprint density at radius 3 is 2.83 bits per heavy atom. The smallest absolute Gasteiger partial charge is 0.276 e. The fourth-order valence-electron chi connectivity index (χ4n) is 1.85. The fraction of sp³-hybridized carbons (Fsp3) is 0. The van der Waals surface area contributed by atoms with Crippen LogP contribution in [-0.4, -0.2) is 22.3 Å². The van der Waals surface area contributed by atoms with Crippen LogP contribution in [0.15, 0.2) is 45.3 Å². The van der Waals surface area contributed by atoms with E-state index < -0.39 is 5.91 Å². The number of carbonyl (C=O) groups is 1. The van der Waals surface area contributed by atoms with Crippen LogP contribution in [-0.2, 0) is 0 Å². The maximum Gasteiger partial charge on any atom is 0.291 e. The zero-order chi connectivity index (χ0) is 17.1. The third-order valence-electron chi connectivity index (χ3n) is 2.98. The molecule has 24 heavy (non-hydrogen) atoms. The lowest BCUT2D eigenvalue weighted by molar-refractivity contribution is 0.0950. The van der Waals surface area contributed by atoms with Gasteiger partial charge < -0.3 is 0 Å². The van der Waals surface area contributed by atoms with Crippen LogP contribution in [0.2, 0.25) is 10.0 Å². The van der Waals surface area contributed by atoms with Crippen molar-refractivity contribution in [2.24, 2.45) is 5.10 Å². The van der Waals surface area contributed by atoms with E-state index >= 15 is 0 Å². The molecular formula is C15H9BrCl2N4OS. The highest BCUT2D eigenvalue weighted by atomic mass is 79.9. The average molecular weight is 444 g/mol. The van der Waals surface area contributed by atoms with Crippen molar-refractivity contribution in [2.75, 3.05) is 0 Å². The molecule has 0 aliphatic carbocycles. The summed E-state index contributed by atoms with van der Waals surface area (Å²) in [6.45, 7) is 0. The number of nitrogens with zero attached hydrogens (tertiary/aromatic N) is 2. The molecule has 0 bridgehead atoms. The molecule has 0 fully saturated rings. The molecule has 0 unspecified atom stereocenters. The van der Waals surface area contributed by atoms with E-state index in [1.54, 1.807) is 35.6 Å². The molecule has 3 rings (SSSR count). The molecule has 0 atom stereocenters. The lowest BCUT2D eigenvalue weighted by Crippen LogP contribution is -2.18. The van der Waals surface area contributed by atoms with Gasteiger partial charge in [0.05, 0.1) is 25.6 Å². The maximum absolute atomic E-state index is 12.1. The predicted octanol–water partition coefficient (Wildman–Crippen LogP) is 4.97. The van der Waals surface area contributed by atoms with E-state index in [9.17, 15) is 4.79 Å². The maximum atomic E-state index is 12.1. The van der Waals surface area contributed by atoms with Gasteiger partial charge in [-0.3, -0.25) is 9.89 Å². The average Bonchev–Trinajstić information content (AvgIpc) is 3.18. The molecule has 0 aliphatic rings. The number of halogens is 3. The second-order valence-corrected chi connectivity index (χ2v) is 7.94. The Kier molecular flexibility index (Phi) is 5.35. The first-order chi connectivity index (χ1) is 11.5. The lowest BCUT2D eigenvalue weighted by Gasteiger charge is -1.98. The van der Waals surface area contributed by atoms with Gasteiger partial charge in [-0.25, -0.2) is 5.43 Å². The van der Waals surface area contributed by atoms with Crippen molar-refractivity contribution < 1.29 is 4.79 Å². The minimum absolute atomic E-state index is 0.244. The van der Waals surface area contributed by atoms with Crippen molar-refractivity contribution in [1.82, 2.24) is 15.6 Å². The second kappa shape index (κ2) is 7.48. The summed E-state index contributed by atoms with van der Waals surface area (Å²) in [4.78, 5) is 13.0. The number of carbonyl (C=O) groups excluding carboxylic acids is 1. The fourth-order valence-corrected chi connectivity index (χ4v) is 3.66. The quantitative estimate of drug-likeness (QED) is 0.441. The first-order valence-corrected chi connectivity index (χ1v) is 8.99. The molecule has 0 aliphatic heterocycles. The minimum Gasteiger partial charge on any atom is -0.276 e. The molecule has 0 saturated carbocycles. The summed E-state index contributed by atoms with van der Waals surface area (Å²) < 4.78 is 1.00. The van der Waals surface area contributed by atoms with Gasteiger partial charge in [0.25, 0.3) is 5.91 Å². The van der Waals surface area contributed by atoms with E-state index in [2.05, 4.69) is 36.7 Å². The van der Waals surface area contributed by atoms with Crippen LogP contribution in [0.25, 0.3) is 10.6 Å². The first kappa shape index (κ1) is 17.2. The number of benzene rings is 1. The van der Waals surface area contributed by atoms with Gasteiger partial charge in [0, 0.05) is 10.6 Å². The summed E-state index contributed by atoms with van der Waals surface area (Å²) >= 11 is 16.8. The van der Waals surface area contributed by atoms with Crippen LogP contribution in [0.1, 0.15) is 16.1 Å². The highest BCUT2D eigenvalue weighted by Crippen LogP contribution is 2.30. The molecule has 0 spiro atoms. The van der Waals surface area contributed by atoms with Crippen molar-refractivity contribution in [1.29, 1.82) is 0 Å². The van der Waals surface area contributed by atoms with E-state index in [4.69, 9.17) is 23.2 Å². The standard InChI is InChI=1S/C15H9BrCl2N4OS/c16-14-4-3-13(24-14)11-6-12(21-20-11)15(23)22-19-7-8-1-2-9(17)5-10(8)18/h1-7H,(H,20,21)(H,22,23). The van der Waals surface area contributed by atoms with Crippen LogP contribution in [0, 0.1) is 0 Å². The third-order valence-corrected chi connectivity index (χ3v) is 5.20. The molecule has 5 nitrogen and oxygen atoms in total. The summed E-state index contributed by atoms with van der Waals surface area (Å²) in [7, 11) is 0. The van der Waals surface area contributed by atoms with Crippen LogP contribution in [0.4, 0.5) is 0 Å². The number of hydrogen-bond donors (Lipinski definition) is 2. The van der Waals surface area contributed by atoms with E-state index in [1.165, 1.54) is 6.21 Å². The number of H-pyrrole nitrogens is 1. The van der Waals surface area contributed by atoms with Gasteiger partial charge in [-0.05, 0) is 46.3 Å². The number of amides is 1. The zero-order valence-corrected chi connectivity index (χ0v) is 15.8. The van der Waals surface area contributed by atoms with Gasteiger partial charge in [0.2, 0.25) is 0 Å². The second-order valence-electron chi connectivity index (χ2n) is 4.64. The van der Waals surface area contributed by atoms with Gasteiger partial charge in [0.1, 0.15) is 0 Å². The Labute approximate surface area is 159 Å². The minimum atomic E-state index is -0.422. The monoisotopic (exact) mass is 442 g/mol. The van der Waals surface area contributed by atoms with Crippen molar-refractivity contribution in [3.05, 3.63) is 61.5 Å². The molecular weight excluding hydrogens is 435 g/mol. The van der Waals surface area contributed by atoms with Gasteiger partial charge in [0.15, 0.2) is 5.69 Å². The van der Waals surface area contributed by atoms with E-state index in [0.717, 1.165) is 14.4 Å². The Balaban J connectivity index is 1.67. The number of aromatic nitrogens is 2. The molecule has 1 aromatic carbocycles. The number of aromatic amines is 1. The van der Waals surface area contributed by atoms with Crippen LogP contribution in [0.5, 0.6) is 0 Å². The number of hydrogen-bond acceptors (Lipinski definition) is 4. The van der Waals surface area contributed by atoms with Gasteiger partial charge in [-0.2, -0.15) is 10.2 Å². The molecule has 122 valence electrons. The number of rotatable bonds is 4. The molecule has 2 aromatic heterocycles. The molecule has 2 N–H and O–H groups in total. The Bertz CT molecular complexity index is 922. The summed E-state index contributed by atoms with van der Waals surface area (Å²) in [5, 5.41) is 11.7. The molecule has 9 heteroatoms. The topological polar surface area (TPSA) is 70.1 Å². The number of thiophene rings is 1. The number of hydrazone groups is 1. The van der Waals surface area contributed by atoms with Crippen LogP contribution >= 0.6 is 50.5 Å². The largest absolute Gasteiger partial charge is 0.291 e. The van der Waals surface area contributed by atoms with Gasteiger partial charge in [-0.1, -0.05) is 29.3 Å². The molecule has 0 saturated heterocycles. The Morgan fingerprint density at radius 2 is 2.12 bits per heavy atom. The molecule has 1 amide bonds. The van der Waals surface area contributed by atoms with Crippen molar-refractivity contribution >= 4 is 62.6 Å². The summed E-state index contributed by atoms with van der Waals surface area (Å²) in [5.41, 5.74) is 4.06. The van der Waals surface area contributed by atoms with Crippen molar-refractivity contribution in [3.8, 4) is 10.6 Å². The first-order valence-electron chi connectivity index (χ1n) is 6.62. The normalized spacial score (nSPS) is 11.1. The SMILES string of the molecule is O=C(NN=Cc1ccc(Cl)cc1Cl)c1cc(-c2ccc(Br)s2)[nH]n1. The predicted molar refractivity (Wildman–Crippen MR) is 101 cm³/mol. The molecule has 3 aromatic rings. The van der Waals surface area contributed by atoms with Gasteiger partial charge >= 0.3 is 0 Å². The van der Waals surface area contributed by atoms with Crippen molar-refractivity contribution in [3.63, 3.8) is 0 Å². The highest BCUT2D eigenvalue weighted by Gasteiger charge is 2.12. The third kappa shape index (κ3) is 4.05. The van der Waals surface area contributed by atoms with Crippen molar-refractivity contribution in [2.45, 2.75) is 0 Å². The van der Waals surface area contributed by atoms with Crippen LogP contribution in [0.3, 0.4) is 0 Å². The highest BCUT2D eigenvalue weighted by molar-refractivity contribution is 9.11. The molecule has 0 radical (unpaired) electrons.